The maximum absolute atomic E-state index is 12.7. The molecule has 3 aromatic carbocycles. The van der Waals surface area contributed by atoms with Crippen molar-refractivity contribution in [3.8, 4) is 11.5 Å². The van der Waals surface area contributed by atoms with Gasteiger partial charge in [0.15, 0.2) is 11.5 Å². The van der Waals surface area contributed by atoms with E-state index >= 15 is 0 Å². The number of ether oxygens (including phenoxy) is 2. The van der Waals surface area contributed by atoms with Gasteiger partial charge in [0.2, 0.25) is 15.9 Å². The lowest BCUT2D eigenvalue weighted by Crippen LogP contribution is -2.41. The average Bonchev–Trinajstić information content (AvgIpc) is 2.80. The van der Waals surface area contributed by atoms with E-state index in [1.165, 1.54) is 0 Å². The van der Waals surface area contributed by atoms with Crippen molar-refractivity contribution in [2.75, 3.05) is 29.8 Å². The number of hydrogen-bond donors (Lipinski definition) is 1. The number of carbonyl (C=O) groups excluding carboxylic acids is 1. The SMILES string of the molecule is CCS(=O)(=O)N(CC(=O)NCc1cccc2ccccc12)c1ccc2c(c1)OCCO2. The molecule has 1 aliphatic heterocycles. The topological polar surface area (TPSA) is 84.9 Å². The van der Waals surface area contributed by atoms with Crippen LogP contribution in [0.1, 0.15) is 12.5 Å². The van der Waals surface area contributed by atoms with Gasteiger partial charge >= 0.3 is 0 Å². The van der Waals surface area contributed by atoms with Crippen LogP contribution in [-0.2, 0) is 21.4 Å². The van der Waals surface area contributed by atoms with Gasteiger partial charge in [-0.1, -0.05) is 42.5 Å². The van der Waals surface area contributed by atoms with E-state index in [1.54, 1.807) is 25.1 Å². The molecule has 1 heterocycles. The van der Waals surface area contributed by atoms with Crippen molar-refractivity contribution in [2.45, 2.75) is 13.5 Å². The highest BCUT2D eigenvalue weighted by Gasteiger charge is 2.25. The number of anilines is 1. The number of benzene rings is 3. The third kappa shape index (κ3) is 4.59. The lowest BCUT2D eigenvalue weighted by molar-refractivity contribution is -0.119. The molecule has 8 heteroatoms. The summed E-state index contributed by atoms with van der Waals surface area (Å²) in [5.41, 5.74) is 1.34. The van der Waals surface area contributed by atoms with E-state index in [9.17, 15) is 13.2 Å². The van der Waals surface area contributed by atoms with Crippen LogP contribution in [-0.4, -0.2) is 39.8 Å². The van der Waals surface area contributed by atoms with Gasteiger partial charge < -0.3 is 14.8 Å². The average molecular weight is 441 g/mol. The summed E-state index contributed by atoms with van der Waals surface area (Å²) >= 11 is 0. The monoisotopic (exact) mass is 440 g/mol. The second-order valence-electron chi connectivity index (χ2n) is 7.15. The van der Waals surface area contributed by atoms with Crippen LogP contribution in [0.5, 0.6) is 11.5 Å². The van der Waals surface area contributed by atoms with Crippen LogP contribution in [0.4, 0.5) is 5.69 Å². The Labute approximate surface area is 181 Å². The number of nitrogens with zero attached hydrogens (tertiary/aromatic N) is 1. The van der Waals surface area contributed by atoms with Gasteiger partial charge in [-0.15, -0.1) is 0 Å². The van der Waals surface area contributed by atoms with E-state index in [4.69, 9.17) is 9.47 Å². The van der Waals surface area contributed by atoms with Crippen molar-refractivity contribution < 1.29 is 22.7 Å². The van der Waals surface area contributed by atoms with Crippen LogP contribution in [0.3, 0.4) is 0 Å². The van der Waals surface area contributed by atoms with Gasteiger partial charge in [0.25, 0.3) is 0 Å². The van der Waals surface area contributed by atoms with Crippen molar-refractivity contribution >= 4 is 32.4 Å². The molecule has 0 aliphatic carbocycles. The molecule has 0 radical (unpaired) electrons. The molecule has 7 nitrogen and oxygen atoms in total. The number of carbonyl (C=O) groups is 1. The molecule has 0 spiro atoms. The first-order valence-corrected chi connectivity index (χ1v) is 11.7. The first-order chi connectivity index (χ1) is 15.0. The fourth-order valence-electron chi connectivity index (χ4n) is 3.52. The number of amides is 1. The van der Waals surface area contributed by atoms with E-state index in [2.05, 4.69) is 5.32 Å². The Kier molecular flexibility index (Phi) is 5.99. The predicted octanol–water partition coefficient (Wildman–Crippen LogP) is 3.08. The Bertz CT molecular complexity index is 1200. The maximum Gasteiger partial charge on any atom is 0.241 e. The number of nitrogens with one attached hydrogen (secondary N) is 1. The minimum Gasteiger partial charge on any atom is -0.486 e. The minimum absolute atomic E-state index is 0.127. The summed E-state index contributed by atoms with van der Waals surface area (Å²) in [6, 6.07) is 18.7. The second-order valence-corrected chi connectivity index (χ2v) is 9.33. The van der Waals surface area contributed by atoms with Crippen molar-refractivity contribution in [3.05, 3.63) is 66.2 Å². The van der Waals surface area contributed by atoms with E-state index < -0.39 is 10.0 Å². The van der Waals surface area contributed by atoms with Crippen LogP contribution in [0.15, 0.2) is 60.7 Å². The van der Waals surface area contributed by atoms with Crippen molar-refractivity contribution in [1.82, 2.24) is 5.32 Å². The van der Waals surface area contributed by atoms with E-state index in [1.807, 2.05) is 42.5 Å². The minimum atomic E-state index is -3.68. The molecular weight excluding hydrogens is 416 g/mol. The van der Waals surface area contributed by atoms with E-state index in [0.29, 0.717) is 36.9 Å². The molecule has 0 bridgehead atoms. The van der Waals surface area contributed by atoms with Gasteiger partial charge in [-0.2, -0.15) is 0 Å². The van der Waals surface area contributed by atoms with Crippen molar-refractivity contribution in [3.63, 3.8) is 0 Å². The van der Waals surface area contributed by atoms with Crippen LogP contribution < -0.4 is 19.1 Å². The Hall–Kier alpha value is -3.26. The first kappa shape index (κ1) is 21.0. The summed E-state index contributed by atoms with van der Waals surface area (Å²) in [6.45, 7) is 2.37. The molecule has 0 unspecified atom stereocenters. The van der Waals surface area contributed by atoms with Crippen molar-refractivity contribution in [1.29, 1.82) is 0 Å². The predicted molar refractivity (Wildman–Crippen MR) is 120 cm³/mol. The van der Waals surface area contributed by atoms with Crippen LogP contribution in [0, 0.1) is 0 Å². The fourth-order valence-corrected chi connectivity index (χ4v) is 4.58. The molecule has 0 atom stereocenters. The summed E-state index contributed by atoms with van der Waals surface area (Å²) in [7, 11) is -3.68. The standard InChI is InChI=1S/C23H24N2O5S/c1-2-31(27,28)25(19-10-11-21-22(14-19)30-13-12-29-21)16-23(26)24-15-18-8-5-7-17-6-3-4-9-20(17)18/h3-11,14H,2,12-13,15-16H2,1H3,(H,24,26). The van der Waals surface area contributed by atoms with Gasteiger partial charge in [0.1, 0.15) is 19.8 Å². The molecule has 0 fully saturated rings. The zero-order valence-corrected chi connectivity index (χ0v) is 18.0. The largest absolute Gasteiger partial charge is 0.486 e. The summed E-state index contributed by atoms with van der Waals surface area (Å²) in [5.74, 6) is 0.512. The Morgan fingerprint density at radius 2 is 1.74 bits per heavy atom. The molecule has 0 saturated heterocycles. The van der Waals surface area contributed by atoms with Gasteiger partial charge in [-0.3, -0.25) is 9.10 Å². The number of rotatable bonds is 7. The second kappa shape index (κ2) is 8.85. The van der Waals surface area contributed by atoms with Crippen LogP contribution in [0.2, 0.25) is 0 Å². The highest BCUT2D eigenvalue weighted by Crippen LogP contribution is 2.34. The fraction of sp³-hybridized carbons (Fsp3) is 0.261. The summed E-state index contributed by atoms with van der Waals surface area (Å²) < 4.78 is 37.6. The quantitative estimate of drug-likeness (QED) is 0.610. The molecular formula is C23H24N2O5S. The van der Waals surface area contributed by atoms with Gasteiger partial charge in [-0.05, 0) is 35.4 Å². The highest BCUT2D eigenvalue weighted by molar-refractivity contribution is 7.92. The van der Waals surface area contributed by atoms with E-state index in [-0.39, 0.29) is 18.2 Å². The Morgan fingerprint density at radius 1 is 1.00 bits per heavy atom. The summed E-state index contributed by atoms with van der Waals surface area (Å²) in [6.07, 6.45) is 0. The zero-order chi connectivity index (χ0) is 21.8. The molecule has 162 valence electrons. The molecule has 4 rings (SSSR count). The molecule has 3 aromatic rings. The third-order valence-corrected chi connectivity index (χ3v) is 6.90. The number of hydrogen-bond acceptors (Lipinski definition) is 5. The van der Waals surface area contributed by atoms with Crippen molar-refractivity contribution in [2.24, 2.45) is 0 Å². The lowest BCUT2D eigenvalue weighted by Gasteiger charge is -2.25. The number of fused-ring (bicyclic) bond motifs is 2. The van der Waals surface area contributed by atoms with E-state index in [0.717, 1.165) is 20.6 Å². The Balaban J connectivity index is 1.53. The lowest BCUT2D eigenvalue weighted by atomic mass is 10.0. The zero-order valence-electron chi connectivity index (χ0n) is 17.2. The third-order valence-electron chi connectivity index (χ3n) is 5.16. The summed E-state index contributed by atoms with van der Waals surface area (Å²) in [5, 5.41) is 4.98. The summed E-state index contributed by atoms with van der Waals surface area (Å²) in [4.78, 5) is 12.7. The highest BCUT2D eigenvalue weighted by atomic mass is 32.2. The van der Waals surface area contributed by atoms with Crippen LogP contribution >= 0.6 is 0 Å². The molecule has 1 N–H and O–H groups in total. The molecule has 0 saturated carbocycles. The Morgan fingerprint density at radius 3 is 2.55 bits per heavy atom. The van der Waals surface area contributed by atoms with Gasteiger partial charge in [0.05, 0.1) is 11.4 Å². The van der Waals surface area contributed by atoms with Gasteiger partial charge in [-0.25, -0.2) is 8.42 Å². The smallest absolute Gasteiger partial charge is 0.241 e. The van der Waals surface area contributed by atoms with Gasteiger partial charge in [0, 0.05) is 12.6 Å². The normalized spacial score (nSPS) is 13.1. The molecule has 1 amide bonds. The van der Waals surface area contributed by atoms with Crippen LogP contribution in [0.25, 0.3) is 10.8 Å². The molecule has 0 aromatic heterocycles. The first-order valence-electron chi connectivity index (χ1n) is 10.1. The maximum atomic E-state index is 12.7. The molecule has 31 heavy (non-hydrogen) atoms. The molecule has 1 aliphatic rings. The number of sulfonamides is 1.